The zero-order chi connectivity index (χ0) is 12.7. The second-order valence-electron chi connectivity index (χ2n) is 4.77. The Morgan fingerprint density at radius 1 is 1.33 bits per heavy atom. The molecule has 1 aliphatic rings. The van der Waals surface area contributed by atoms with E-state index in [9.17, 15) is 9.59 Å². The maximum absolute atomic E-state index is 11.7. The smallest absolute Gasteiger partial charge is 0.237 e. The molecule has 0 aliphatic carbocycles. The fraction of sp³-hybridized carbons (Fsp3) is 0.833. The summed E-state index contributed by atoms with van der Waals surface area (Å²) in [4.78, 5) is 23.0. The Labute approximate surface area is 115 Å². The van der Waals surface area contributed by atoms with E-state index < -0.39 is 0 Å². The number of carbonyl (C=O) groups is 2. The van der Waals surface area contributed by atoms with Gasteiger partial charge in [-0.15, -0.1) is 12.4 Å². The van der Waals surface area contributed by atoms with Gasteiger partial charge < -0.3 is 16.0 Å². The Morgan fingerprint density at radius 2 is 2.06 bits per heavy atom. The largest absolute Gasteiger partial charge is 0.354 e. The van der Waals surface area contributed by atoms with Crippen molar-refractivity contribution in [2.45, 2.75) is 51.6 Å². The molecule has 0 spiro atoms. The van der Waals surface area contributed by atoms with Crippen molar-refractivity contribution in [2.75, 3.05) is 13.1 Å². The molecule has 5 nitrogen and oxygen atoms in total. The van der Waals surface area contributed by atoms with Gasteiger partial charge in [-0.05, 0) is 33.2 Å². The second-order valence-corrected chi connectivity index (χ2v) is 4.77. The number of hydrogen-bond acceptors (Lipinski definition) is 3. The molecule has 1 atom stereocenters. The fourth-order valence-corrected chi connectivity index (χ4v) is 1.89. The highest BCUT2D eigenvalue weighted by Gasteiger charge is 2.19. The maximum atomic E-state index is 11.7. The summed E-state index contributed by atoms with van der Waals surface area (Å²) in [5, 5.41) is 8.76. The molecule has 0 aromatic carbocycles. The highest BCUT2D eigenvalue weighted by atomic mass is 35.5. The van der Waals surface area contributed by atoms with Crippen LogP contribution >= 0.6 is 12.4 Å². The molecule has 0 saturated carbocycles. The first-order valence-corrected chi connectivity index (χ1v) is 6.40. The van der Waals surface area contributed by atoms with Gasteiger partial charge in [0.25, 0.3) is 0 Å². The summed E-state index contributed by atoms with van der Waals surface area (Å²) >= 11 is 0. The lowest BCUT2D eigenvalue weighted by atomic mass is 10.0. The van der Waals surface area contributed by atoms with Crippen molar-refractivity contribution in [1.82, 2.24) is 16.0 Å². The molecule has 3 N–H and O–H groups in total. The third-order valence-corrected chi connectivity index (χ3v) is 2.73. The molecule has 18 heavy (non-hydrogen) atoms. The van der Waals surface area contributed by atoms with Gasteiger partial charge >= 0.3 is 0 Å². The Hall–Kier alpha value is -0.810. The monoisotopic (exact) mass is 277 g/mol. The standard InChI is InChI=1S/C12H23N3O2.ClH/c1-9(2)15-11(16)6-8-14-12(17)10-5-3-4-7-13-10;/h9-10,13H,3-8H2,1-2H3,(H,14,17)(H,15,16);1H. The van der Waals surface area contributed by atoms with E-state index in [2.05, 4.69) is 16.0 Å². The van der Waals surface area contributed by atoms with Crippen molar-refractivity contribution < 1.29 is 9.59 Å². The Bertz CT molecular complexity index is 266. The molecule has 1 heterocycles. The van der Waals surface area contributed by atoms with Gasteiger partial charge in [0, 0.05) is 19.0 Å². The summed E-state index contributed by atoms with van der Waals surface area (Å²) in [6, 6.07) is 0.0788. The molecule has 1 rings (SSSR count). The molecule has 0 aromatic rings. The Kier molecular flexibility index (Phi) is 8.75. The predicted octanol–water partition coefficient (Wildman–Crippen LogP) is 0.581. The quantitative estimate of drug-likeness (QED) is 0.689. The molecular weight excluding hydrogens is 254 g/mol. The van der Waals surface area contributed by atoms with Crippen molar-refractivity contribution in [3.8, 4) is 0 Å². The van der Waals surface area contributed by atoms with Gasteiger partial charge in [0.2, 0.25) is 11.8 Å². The molecule has 0 radical (unpaired) electrons. The molecule has 6 heteroatoms. The first-order chi connectivity index (χ1) is 8.09. The lowest BCUT2D eigenvalue weighted by Gasteiger charge is -2.22. The zero-order valence-electron chi connectivity index (χ0n) is 11.1. The van der Waals surface area contributed by atoms with E-state index in [0.717, 1.165) is 25.8 Å². The molecule has 106 valence electrons. The average molecular weight is 278 g/mol. The summed E-state index contributed by atoms with van der Waals surface area (Å²) in [5.41, 5.74) is 0. The van der Waals surface area contributed by atoms with E-state index in [4.69, 9.17) is 0 Å². The van der Waals surface area contributed by atoms with E-state index in [1.165, 1.54) is 0 Å². The van der Waals surface area contributed by atoms with Crippen LogP contribution in [0.4, 0.5) is 0 Å². The molecule has 0 aromatic heterocycles. The first kappa shape index (κ1) is 17.2. The topological polar surface area (TPSA) is 70.2 Å². The zero-order valence-corrected chi connectivity index (χ0v) is 11.9. The van der Waals surface area contributed by atoms with Crippen LogP contribution in [0, 0.1) is 0 Å². The maximum Gasteiger partial charge on any atom is 0.237 e. The van der Waals surface area contributed by atoms with Gasteiger partial charge in [-0.3, -0.25) is 9.59 Å². The second kappa shape index (κ2) is 9.16. The Balaban J connectivity index is 0.00000289. The fourth-order valence-electron chi connectivity index (χ4n) is 1.89. The van der Waals surface area contributed by atoms with E-state index in [-0.39, 0.29) is 36.3 Å². The van der Waals surface area contributed by atoms with Crippen LogP contribution in [0.25, 0.3) is 0 Å². The highest BCUT2D eigenvalue weighted by Crippen LogP contribution is 2.06. The van der Waals surface area contributed by atoms with Crippen molar-refractivity contribution in [3.05, 3.63) is 0 Å². The number of carbonyl (C=O) groups excluding carboxylic acids is 2. The predicted molar refractivity (Wildman–Crippen MR) is 73.8 cm³/mol. The lowest BCUT2D eigenvalue weighted by molar-refractivity contribution is -0.124. The molecule has 1 unspecified atom stereocenters. The lowest BCUT2D eigenvalue weighted by Crippen LogP contribution is -2.47. The van der Waals surface area contributed by atoms with Gasteiger partial charge in [-0.1, -0.05) is 6.42 Å². The summed E-state index contributed by atoms with van der Waals surface area (Å²) in [5.74, 6) is -0.000972. The number of piperidine rings is 1. The molecular formula is C12H24ClN3O2. The van der Waals surface area contributed by atoms with Gasteiger partial charge in [-0.25, -0.2) is 0 Å². The molecule has 1 fully saturated rings. The SMILES string of the molecule is CC(C)NC(=O)CCNC(=O)C1CCCCN1.Cl. The van der Waals surface area contributed by atoms with Crippen LogP contribution in [0.1, 0.15) is 39.5 Å². The van der Waals surface area contributed by atoms with Crippen LogP contribution in [0.15, 0.2) is 0 Å². The molecule has 2 amide bonds. The number of nitrogens with one attached hydrogen (secondary N) is 3. The minimum absolute atomic E-state index is 0. The van der Waals surface area contributed by atoms with Gasteiger partial charge in [0.1, 0.15) is 0 Å². The van der Waals surface area contributed by atoms with Crippen LogP contribution in [0.2, 0.25) is 0 Å². The molecule has 0 bridgehead atoms. The van der Waals surface area contributed by atoms with Crippen molar-refractivity contribution in [3.63, 3.8) is 0 Å². The molecule has 1 aliphatic heterocycles. The van der Waals surface area contributed by atoms with Gasteiger partial charge in [-0.2, -0.15) is 0 Å². The van der Waals surface area contributed by atoms with Crippen LogP contribution in [0.3, 0.4) is 0 Å². The van der Waals surface area contributed by atoms with Gasteiger partial charge in [0.05, 0.1) is 6.04 Å². The van der Waals surface area contributed by atoms with Crippen molar-refractivity contribution >= 4 is 24.2 Å². The van der Waals surface area contributed by atoms with Crippen molar-refractivity contribution in [1.29, 1.82) is 0 Å². The third kappa shape index (κ3) is 6.81. The van der Waals surface area contributed by atoms with E-state index in [0.29, 0.717) is 13.0 Å². The summed E-state index contributed by atoms with van der Waals surface area (Å²) in [6.07, 6.45) is 3.47. The number of halogens is 1. The first-order valence-electron chi connectivity index (χ1n) is 6.40. The normalized spacial score (nSPS) is 18.9. The summed E-state index contributed by atoms with van der Waals surface area (Å²) in [7, 11) is 0. The molecule has 1 saturated heterocycles. The summed E-state index contributed by atoms with van der Waals surface area (Å²) < 4.78 is 0. The van der Waals surface area contributed by atoms with Crippen molar-refractivity contribution in [2.24, 2.45) is 0 Å². The Morgan fingerprint density at radius 3 is 2.61 bits per heavy atom. The minimum atomic E-state index is -0.0723. The van der Waals surface area contributed by atoms with Crippen LogP contribution < -0.4 is 16.0 Å². The minimum Gasteiger partial charge on any atom is -0.354 e. The average Bonchev–Trinajstić information content (AvgIpc) is 2.29. The van der Waals surface area contributed by atoms with Crippen LogP contribution in [0.5, 0.6) is 0 Å². The number of rotatable bonds is 5. The number of hydrogen-bond donors (Lipinski definition) is 3. The third-order valence-electron chi connectivity index (χ3n) is 2.73. The van der Waals surface area contributed by atoms with E-state index in [1.54, 1.807) is 0 Å². The highest BCUT2D eigenvalue weighted by molar-refractivity contribution is 5.85. The van der Waals surface area contributed by atoms with Crippen LogP contribution in [-0.2, 0) is 9.59 Å². The van der Waals surface area contributed by atoms with E-state index in [1.807, 2.05) is 13.8 Å². The number of amides is 2. The van der Waals surface area contributed by atoms with Crippen LogP contribution in [-0.4, -0.2) is 37.0 Å². The summed E-state index contributed by atoms with van der Waals surface area (Å²) in [6.45, 7) is 5.16. The van der Waals surface area contributed by atoms with E-state index >= 15 is 0 Å². The van der Waals surface area contributed by atoms with Gasteiger partial charge in [0.15, 0.2) is 0 Å².